The van der Waals surface area contributed by atoms with Crippen LogP contribution in [0.1, 0.15) is 17.5 Å². The van der Waals surface area contributed by atoms with Gasteiger partial charge in [0.25, 0.3) is 0 Å². The summed E-state index contributed by atoms with van der Waals surface area (Å²) in [7, 11) is 2.04. The molecule has 0 spiro atoms. The third-order valence-electron chi connectivity index (χ3n) is 3.27. The molecule has 0 radical (unpaired) electrons. The molecule has 0 amide bonds. The molecule has 1 fully saturated rings. The Bertz CT molecular complexity index is 433. The van der Waals surface area contributed by atoms with E-state index in [2.05, 4.69) is 16.3 Å². The highest BCUT2D eigenvalue weighted by Gasteiger charge is 2.19. The van der Waals surface area contributed by atoms with Crippen molar-refractivity contribution in [3.05, 3.63) is 35.1 Å². The van der Waals surface area contributed by atoms with Gasteiger partial charge in [0.15, 0.2) is 0 Å². The zero-order chi connectivity index (χ0) is 12.3. The van der Waals surface area contributed by atoms with E-state index in [1.165, 1.54) is 12.1 Å². The number of likely N-dealkylation sites (N-methyl/N-ethyl adjacent to an activating group) is 1. The maximum Gasteiger partial charge on any atom is 0.124 e. The van der Waals surface area contributed by atoms with E-state index in [0.29, 0.717) is 18.2 Å². The van der Waals surface area contributed by atoms with Gasteiger partial charge in [-0.25, -0.2) is 4.39 Å². The van der Waals surface area contributed by atoms with E-state index in [0.717, 1.165) is 25.1 Å². The summed E-state index contributed by atoms with van der Waals surface area (Å²) in [5, 5.41) is 12.3. The summed E-state index contributed by atoms with van der Waals surface area (Å²) in [6, 6.07) is 6.97. The summed E-state index contributed by atoms with van der Waals surface area (Å²) >= 11 is 0. The van der Waals surface area contributed by atoms with Crippen LogP contribution in [0.3, 0.4) is 0 Å². The van der Waals surface area contributed by atoms with Crippen molar-refractivity contribution in [1.29, 1.82) is 5.26 Å². The number of nitrogens with one attached hydrogen (secondary N) is 1. The first-order valence-electron chi connectivity index (χ1n) is 5.80. The van der Waals surface area contributed by atoms with E-state index in [-0.39, 0.29) is 5.82 Å². The highest BCUT2D eigenvalue weighted by atomic mass is 19.1. The summed E-state index contributed by atoms with van der Waals surface area (Å²) in [5.41, 5.74) is 1.33. The Morgan fingerprint density at radius 1 is 1.59 bits per heavy atom. The van der Waals surface area contributed by atoms with Gasteiger partial charge in [-0.2, -0.15) is 5.26 Å². The van der Waals surface area contributed by atoms with E-state index >= 15 is 0 Å². The Balaban J connectivity index is 2.10. The molecule has 1 heterocycles. The number of nitriles is 1. The SMILES string of the molecule is CN(Cc1ccc(F)cc1C#N)C1CCNC1. The topological polar surface area (TPSA) is 39.1 Å². The van der Waals surface area contributed by atoms with Gasteiger partial charge in [-0.05, 0) is 37.7 Å². The fraction of sp³-hybridized carbons (Fsp3) is 0.462. The minimum absolute atomic E-state index is 0.351. The van der Waals surface area contributed by atoms with Crippen LogP contribution in [0.25, 0.3) is 0 Å². The first-order chi connectivity index (χ1) is 8.20. The van der Waals surface area contributed by atoms with Crippen molar-refractivity contribution in [3.63, 3.8) is 0 Å². The van der Waals surface area contributed by atoms with E-state index < -0.39 is 0 Å². The lowest BCUT2D eigenvalue weighted by atomic mass is 10.1. The quantitative estimate of drug-likeness (QED) is 0.859. The lowest BCUT2D eigenvalue weighted by Gasteiger charge is -2.23. The van der Waals surface area contributed by atoms with Crippen molar-refractivity contribution >= 4 is 0 Å². The van der Waals surface area contributed by atoms with Crippen LogP contribution in [-0.2, 0) is 6.54 Å². The molecular formula is C13H16FN3. The number of hydrogen-bond acceptors (Lipinski definition) is 3. The molecule has 90 valence electrons. The van der Waals surface area contributed by atoms with Gasteiger partial charge in [-0.15, -0.1) is 0 Å². The minimum Gasteiger partial charge on any atom is -0.315 e. The molecule has 0 aromatic heterocycles. The number of nitrogens with zero attached hydrogens (tertiary/aromatic N) is 2. The average molecular weight is 233 g/mol. The normalized spacial score (nSPS) is 19.5. The molecule has 0 aliphatic carbocycles. The summed E-state index contributed by atoms with van der Waals surface area (Å²) in [6.07, 6.45) is 1.12. The number of benzene rings is 1. The predicted octanol–water partition coefficient (Wildman–Crippen LogP) is 1.49. The van der Waals surface area contributed by atoms with Crippen LogP contribution in [0.4, 0.5) is 4.39 Å². The molecule has 1 aromatic carbocycles. The van der Waals surface area contributed by atoms with Crippen molar-refractivity contribution in [1.82, 2.24) is 10.2 Å². The van der Waals surface area contributed by atoms with Gasteiger partial charge >= 0.3 is 0 Å². The molecule has 0 bridgehead atoms. The van der Waals surface area contributed by atoms with Gasteiger partial charge in [0, 0.05) is 19.1 Å². The molecular weight excluding hydrogens is 217 g/mol. The third kappa shape index (κ3) is 2.82. The fourth-order valence-electron chi connectivity index (χ4n) is 2.20. The summed E-state index contributed by atoms with van der Waals surface area (Å²) in [6.45, 7) is 2.72. The lowest BCUT2D eigenvalue weighted by Crippen LogP contribution is -2.33. The van der Waals surface area contributed by atoms with Crippen LogP contribution in [0, 0.1) is 17.1 Å². The molecule has 1 unspecified atom stereocenters. The molecule has 2 rings (SSSR count). The molecule has 1 aliphatic rings. The van der Waals surface area contributed by atoms with Crippen LogP contribution < -0.4 is 5.32 Å². The highest BCUT2D eigenvalue weighted by Crippen LogP contribution is 2.15. The summed E-state index contributed by atoms with van der Waals surface area (Å²) < 4.78 is 13.0. The van der Waals surface area contributed by atoms with Crippen LogP contribution in [0.2, 0.25) is 0 Å². The third-order valence-corrected chi connectivity index (χ3v) is 3.27. The summed E-state index contributed by atoms with van der Waals surface area (Å²) in [4.78, 5) is 2.22. The van der Waals surface area contributed by atoms with Gasteiger partial charge in [-0.1, -0.05) is 6.07 Å². The number of hydrogen-bond donors (Lipinski definition) is 1. The largest absolute Gasteiger partial charge is 0.315 e. The van der Waals surface area contributed by atoms with Gasteiger partial charge in [0.1, 0.15) is 5.82 Å². The second kappa shape index (κ2) is 5.26. The Morgan fingerprint density at radius 2 is 2.41 bits per heavy atom. The molecule has 3 nitrogen and oxygen atoms in total. The second-order valence-electron chi connectivity index (χ2n) is 4.48. The van der Waals surface area contributed by atoms with Crippen molar-refractivity contribution < 1.29 is 4.39 Å². The Kier molecular flexibility index (Phi) is 3.72. The molecule has 1 N–H and O–H groups in total. The van der Waals surface area contributed by atoms with Crippen molar-refractivity contribution in [2.24, 2.45) is 0 Å². The first-order valence-corrected chi connectivity index (χ1v) is 5.80. The molecule has 0 saturated carbocycles. The maximum atomic E-state index is 13.0. The van der Waals surface area contributed by atoms with Crippen LogP contribution in [0.15, 0.2) is 18.2 Å². The van der Waals surface area contributed by atoms with E-state index in [4.69, 9.17) is 5.26 Å². The van der Waals surface area contributed by atoms with Crippen molar-refractivity contribution in [2.75, 3.05) is 20.1 Å². The van der Waals surface area contributed by atoms with Crippen molar-refractivity contribution in [2.45, 2.75) is 19.0 Å². The Morgan fingerprint density at radius 3 is 3.06 bits per heavy atom. The zero-order valence-corrected chi connectivity index (χ0v) is 9.91. The number of halogens is 1. The van der Waals surface area contributed by atoms with Gasteiger partial charge < -0.3 is 5.32 Å². The number of rotatable bonds is 3. The monoisotopic (exact) mass is 233 g/mol. The standard InChI is InChI=1S/C13H16FN3/c1-17(13-4-5-16-8-13)9-10-2-3-12(14)6-11(10)7-15/h2-3,6,13,16H,4-5,8-9H2,1H3. The average Bonchev–Trinajstić information content (AvgIpc) is 2.85. The first kappa shape index (κ1) is 12.0. The molecule has 1 aromatic rings. The van der Waals surface area contributed by atoms with Crippen LogP contribution >= 0.6 is 0 Å². The second-order valence-corrected chi connectivity index (χ2v) is 4.48. The fourth-order valence-corrected chi connectivity index (χ4v) is 2.20. The Hall–Kier alpha value is -1.44. The van der Waals surface area contributed by atoms with Gasteiger partial charge in [-0.3, -0.25) is 4.90 Å². The maximum absolute atomic E-state index is 13.0. The molecule has 1 atom stereocenters. The highest BCUT2D eigenvalue weighted by molar-refractivity contribution is 5.37. The van der Waals surface area contributed by atoms with Gasteiger partial charge in [0.2, 0.25) is 0 Å². The molecule has 17 heavy (non-hydrogen) atoms. The van der Waals surface area contributed by atoms with Crippen LogP contribution in [-0.4, -0.2) is 31.1 Å². The molecule has 1 aliphatic heterocycles. The predicted molar refractivity (Wildman–Crippen MR) is 63.9 cm³/mol. The summed E-state index contributed by atoms with van der Waals surface area (Å²) in [5.74, 6) is -0.351. The Labute approximate surface area is 101 Å². The minimum atomic E-state index is -0.351. The van der Waals surface area contributed by atoms with E-state index in [1.807, 2.05) is 7.05 Å². The lowest BCUT2D eigenvalue weighted by molar-refractivity contribution is 0.248. The van der Waals surface area contributed by atoms with Crippen LogP contribution in [0.5, 0.6) is 0 Å². The van der Waals surface area contributed by atoms with Gasteiger partial charge in [0.05, 0.1) is 11.6 Å². The van der Waals surface area contributed by atoms with E-state index in [1.54, 1.807) is 6.07 Å². The van der Waals surface area contributed by atoms with Crippen molar-refractivity contribution in [3.8, 4) is 6.07 Å². The zero-order valence-electron chi connectivity index (χ0n) is 9.91. The molecule has 4 heteroatoms. The molecule has 1 saturated heterocycles. The smallest absolute Gasteiger partial charge is 0.124 e. The van der Waals surface area contributed by atoms with E-state index in [9.17, 15) is 4.39 Å².